The van der Waals surface area contributed by atoms with E-state index in [1.165, 1.54) is 12.1 Å². The number of hydrogen-bond acceptors (Lipinski definition) is 4. The van der Waals surface area contributed by atoms with Crippen LogP contribution in [0.1, 0.15) is 38.8 Å². The molecule has 0 heterocycles. The Balaban J connectivity index is 1.93. The highest BCUT2D eigenvalue weighted by molar-refractivity contribution is 5.78. The minimum Gasteiger partial charge on any atom is -0.490 e. The minimum atomic E-state index is -0.302. The molecule has 2 N–H and O–H groups in total. The second-order valence-corrected chi connectivity index (χ2v) is 7.53. The maximum absolute atomic E-state index is 13.0. The average Bonchev–Trinajstić information content (AvgIpc) is 2.61. The summed E-state index contributed by atoms with van der Waals surface area (Å²) in [5.74, 6) is 0.720. The number of ether oxygens (including phenoxy) is 2. The fourth-order valence-electron chi connectivity index (χ4n) is 2.60. The van der Waals surface area contributed by atoms with Gasteiger partial charge in [0.25, 0.3) is 5.91 Å². The molecule has 0 radical (unpaired) electrons. The van der Waals surface area contributed by atoms with Crippen molar-refractivity contribution >= 4 is 5.91 Å². The first-order valence-corrected chi connectivity index (χ1v) is 9.41. The molecule has 2 aromatic carbocycles. The average molecular weight is 388 g/mol. The molecule has 0 saturated carbocycles. The fraction of sp³-hybridized carbons (Fsp3) is 0.409. The molecule has 6 heteroatoms. The third kappa shape index (κ3) is 7.56. The van der Waals surface area contributed by atoms with Crippen LogP contribution in [0.4, 0.5) is 4.39 Å². The summed E-state index contributed by atoms with van der Waals surface area (Å²) in [4.78, 5) is 12.0. The van der Waals surface area contributed by atoms with Gasteiger partial charge in [-0.05, 0) is 63.1 Å². The Labute approximate surface area is 166 Å². The Morgan fingerprint density at radius 1 is 0.964 bits per heavy atom. The molecule has 0 unspecified atom stereocenters. The van der Waals surface area contributed by atoms with E-state index in [0.29, 0.717) is 31.2 Å². The molecule has 152 valence electrons. The van der Waals surface area contributed by atoms with Crippen LogP contribution in [0.15, 0.2) is 42.5 Å². The first kappa shape index (κ1) is 21.7. The molecule has 0 bridgehead atoms. The fourth-order valence-corrected chi connectivity index (χ4v) is 2.60. The summed E-state index contributed by atoms with van der Waals surface area (Å²) in [7, 11) is 0. The molecule has 0 spiro atoms. The Morgan fingerprint density at radius 2 is 1.61 bits per heavy atom. The minimum absolute atomic E-state index is 0.0699. The van der Waals surface area contributed by atoms with Gasteiger partial charge in [-0.2, -0.15) is 0 Å². The van der Waals surface area contributed by atoms with Crippen LogP contribution in [0.3, 0.4) is 0 Å². The predicted octanol–water partition coefficient (Wildman–Crippen LogP) is 3.81. The number of halogens is 1. The van der Waals surface area contributed by atoms with Crippen molar-refractivity contribution in [1.82, 2.24) is 10.6 Å². The van der Waals surface area contributed by atoms with Gasteiger partial charge in [0.1, 0.15) is 5.82 Å². The lowest BCUT2D eigenvalue weighted by atomic mass is 10.1. The Hall–Kier alpha value is -2.60. The smallest absolute Gasteiger partial charge is 0.258 e. The number of amides is 1. The maximum Gasteiger partial charge on any atom is 0.258 e. The Bertz CT molecular complexity index is 770. The number of rotatable bonds is 9. The van der Waals surface area contributed by atoms with E-state index in [2.05, 4.69) is 10.6 Å². The summed E-state index contributed by atoms with van der Waals surface area (Å²) in [6, 6.07) is 12.1. The maximum atomic E-state index is 13.0. The van der Waals surface area contributed by atoms with Crippen molar-refractivity contribution in [2.45, 2.75) is 46.3 Å². The van der Waals surface area contributed by atoms with Gasteiger partial charge in [0.15, 0.2) is 18.1 Å². The quantitative estimate of drug-likeness (QED) is 0.686. The zero-order valence-corrected chi connectivity index (χ0v) is 17.0. The van der Waals surface area contributed by atoms with Gasteiger partial charge in [-0.25, -0.2) is 4.39 Å². The number of carbonyl (C=O) groups excluding carboxylic acids is 1. The Morgan fingerprint density at radius 3 is 2.25 bits per heavy atom. The van der Waals surface area contributed by atoms with Crippen LogP contribution in [0.2, 0.25) is 0 Å². The third-order valence-electron chi connectivity index (χ3n) is 3.75. The van der Waals surface area contributed by atoms with E-state index in [4.69, 9.17) is 9.47 Å². The van der Waals surface area contributed by atoms with Crippen molar-refractivity contribution < 1.29 is 18.7 Å². The van der Waals surface area contributed by atoms with E-state index < -0.39 is 0 Å². The standard InChI is InChI=1S/C22H29FN2O3/c1-5-27-20-12-17(14-24-13-16-6-9-18(23)10-7-16)8-11-19(20)28-15-21(26)25-22(2,3)4/h6-12,24H,5,13-15H2,1-4H3,(H,25,26). The zero-order chi connectivity index (χ0) is 20.6. The highest BCUT2D eigenvalue weighted by Gasteiger charge is 2.15. The van der Waals surface area contributed by atoms with Gasteiger partial charge in [-0.1, -0.05) is 18.2 Å². The van der Waals surface area contributed by atoms with Crippen molar-refractivity contribution in [3.63, 3.8) is 0 Å². The lowest BCUT2D eigenvalue weighted by molar-refractivity contribution is -0.124. The van der Waals surface area contributed by atoms with Crippen molar-refractivity contribution in [3.05, 3.63) is 59.4 Å². The molecule has 0 atom stereocenters. The van der Waals surface area contributed by atoms with Crippen LogP contribution in [-0.4, -0.2) is 24.7 Å². The topological polar surface area (TPSA) is 59.6 Å². The van der Waals surface area contributed by atoms with Crippen molar-refractivity contribution in [1.29, 1.82) is 0 Å². The van der Waals surface area contributed by atoms with E-state index in [1.807, 2.05) is 45.9 Å². The molecule has 0 aliphatic carbocycles. The highest BCUT2D eigenvalue weighted by atomic mass is 19.1. The largest absolute Gasteiger partial charge is 0.490 e. The first-order valence-electron chi connectivity index (χ1n) is 9.41. The summed E-state index contributed by atoms with van der Waals surface area (Å²) >= 11 is 0. The van der Waals surface area contributed by atoms with Crippen LogP contribution in [0, 0.1) is 5.82 Å². The third-order valence-corrected chi connectivity index (χ3v) is 3.75. The van der Waals surface area contributed by atoms with Crippen LogP contribution in [0.25, 0.3) is 0 Å². The van der Waals surface area contributed by atoms with Crippen LogP contribution in [-0.2, 0) is 17.9 Å². The number of hydrogen-bond donors (Lipinski definition) is 2. The van der Waals surface area contributed by atoms with Crippen molar-refractivity contribution in [2.24, 2.45) is 0 Å². The van der Waals surface area contributed by atoms with Gasteiger partial charge in [-0.15, -0.1) is 0 Å². The van der Waals surface area contributed by atoms with Gasteiger partial charge in [-0.3, -0.25) is 4.79 Å². The lowest BCUT2D eigenvalue weighted by Crippen LogP contribution is -2.43. The molecule has 5 nitrogen and oxygen atoms in total. The molecular weight excluding hydrogens is 359 g/mol. The van der Waals surface area contributed by atoms with Gasteiger partial charge in [0.2, 0.25) is 0 Å². The van der Waals surface area contributed by atoms with E-state index >= 15 is 0 Å². The highest BCUT2D eigenvalue weighted by Crippen LogP contribution is 2.28. The van der Waals surface area contributed by atoms with Crippen LogP contribution < -0.4 is 20.1 Å². The van der Waals surface area contributed by atoms with E-state index in [0.717, 1.165) is 11.1 Å². The molecule has 2 rings (SSSR count). The summed E-state index contributed by atoms with van der Waals surface area (Å²) < 4.78 is 24.3. The molecule has 2 aromatic rings. The summed E-state index contributed by atoms with van der Waals surface area (Å²) in [5, 5.41) is 6.18. The normalized spacial score (nSPS) is 11.2. The number of benzene rings is 2. The Kier molecular flexibility index (Phi) is 7.81. The second-order valence-electron chi connectivity index (χ2n) is 7.53. The van der Waals surface area contributed by atoms with Gasteiger partial charge in [0, 0.05) is 18.6 Å². The van der Waals surface area contributed by atoms with E-state index in [9.17, 15) is 9.18 Å². The van der Waals surface area contributed by atoms with Crippen molar-refractivity contribution in [3.8, 4) is 11.5 Å². The van der Waals surface area contributed by atoms with E-state index in [-0.39, 0.29) is 23.9 Å². The summed E-state index contributed by atoms with van der Waals surface area (Å²) in [6.45, 7) is 9.35. The second kappa shape index (κ2) is 10.1. The molecule has 0 aromatic heterocycles. The molecule has 0 aliphatic rings. The summed E-state index contributed by atoms with van der Waals surface area (Å²) in [5.41, 5.74) is 1.73. The lowest BCUT2D eigenvalue weighted by Gasteiger charge is -2.21. The monoisotopic (exact) mass is 388 g/mol. The van der Waals surface area contributed by atoms with Crippen LogP contribution >= 0.6 is 0 Å². The van der Waals surface area contributed by atoms with E-state index in [1.54, 1.807) is 12.1 Å². The zero-order valence-electron chi connectivity index (χ0n) is 17.0. The number of nitrogens with one attached hydrogen (secondary N) is 2. The molecule has 0 aliphatic heterocycles. The van der Waals surface area contributed by atoms with Gasteiger partial charge >= 0.3 is 0 Å². The predicted molar refractivity (Wildman–Crippen MR) is 108 cm³/mol. The van der Waals surface area contributed by atoms with Gasteiger partial charge < -0.3 is 20.1 Å². The van der Waals surface area contributed by atoms with Gasteiger partial charge in [0.05, 0.1) is 6.61 Å². The molecule has 0 fully saturated rings. The molecule has 1 amide bonds. The van der Waals surface area contributed by atoms with Crippen LogP contribution in [0.5, 0.6) is 11.5 Å². The molecular formula is C22H29FN2O3. The number of carbonyl (C=O) groups is 1. The molecule has 28 heavy (non-hydrogen) atoms. The SMILES string of the molecule is CCOc1cc(CNCc2ccc(F)cc2)ccc1OCC(=O)NC(C)(C)C. The summed E-state index contributed by atoms with van der Waals surface area (Å²) in [6.07, 6.45) is 0. The first-order chi connectivity index (χ1) is 13.3. The van der Waals surface area contributed by atoms with Crippen molar-refractivity contribution in [2.75, 3.05) is 13.2 Å². The molecule has 0 saturated heterocycles.